The van der Waals surface area contributed by atoms with E-state index in [0.29, 0.717) is 19.3 Å². The van der Waals surface area contributed by atoms with Crippen molar-refractivity contribution in [3.63, 3.8) is 0 Å². The Bertz CT molecular complexity index is 1050. The number of primary amides is 1. The summed E-state index contributed by atoms with van der Waals surface area (Å²) in [6.45, 7) is 10.0. The number of nitrogens with one attached hydrogen (secondary N) is 5. The van der Waals surface area contributed by atoms with Crippen molar-refractivity contribution in [1.82, 2.24) is 26.6 Å². The lowest BCUT2D eigenvalue weighted by molar-refractivity contribution is -0.134. The zero-order valence-corrected chi connectivity index (χ0v) is 27.9. The minimum absolute atomic E-state index is 0.00536. The van der Waals surface area contributed by atoms with Crippen molar-refractivity contribution in [3.05, 3.63) is 0 Å². The monoisotopic (exact) mass is 656 g/mol. The van der Waals surface area contributed by atoms with Crippen molar-refractivity contribution in [2.75, 3.05) is 19.7 Å². The molecule has 0 radical (unpaired) electrons. The van der Waals surface area contributed by atoms with Crippen LogP contribution in [-0.2, 0) is 28.8 Å². The number of aliphatic hydroxyl groups is 1. The standard InChI is InChI=1S/C29H56N10O7/c1-7-17(6)23(39-27(45)21(12-16(4)5)38-25(43)18(30)14-40)28(46)35-13-22(41)36-19(9-8-10-34-29(32)33)26(44)37-20(24(31)42)11-15(2)3/h15-21,23,40H,7-14,30H2,1-6H3,(H2,31,42)(H,35,46)(H,36,41)(H,37,44)(H,38,43)(H,39,45)(H4,32,33,34). The van der Waals surface area contributed by atoms with Crippen LogP contribution in [-0.4, -0.2) is 96.4 Å². The second-order valence-corrected chi connectivity index (χ2v) is 12.2. The smallest absolute Gasteiger partial charge is 0.243 e. The van der Waals surface area contributed by atoms with Gasteiger partial charge in [0.2, 0.25) is 35.4 Å². The highest BCUT2D eigenvalue weighted by molar-refractivity contribution is 5.95. The van der Waals surface area contributed by atoms with Gasteiger partial charge in [0, 0.05) is 6.54 Å². The Balaban J connectivity index is 5.66. The molecule has 0 aliphatic carbocycles. The summed E-state index contributed by atoms with van der Waals surface area (Å²) in [5.74, 6) is -4.50. The molecule has 0 saturated carbocycles. The molecule has 17 nitrogen and oxygen atoms in total. The van der Waals surface area contributed by atoms with E-state index in [0.717, 1.165) is 0 Å². The second kappa shape index (κ2) is 21.7. The highest BCUT2D eigenvalue weighted by atomic mass is 16.3. The van der Waals surface area contributed by atoms with Gasteiger partial charge in [-0.2, -0.15) is 0 Å². The van der Waals surface area contributed by atoms with Crippen molar-refractivity contribution >= 4 is 41.4 Å². The molecular formula is C29H56N10O7. The number of hydrogen-bond acceptors (Lipinski definition) is 9. The molecule has 14 N–H and O–H groups in total. The fourth-order valence-corrected chi connectivity index (χ4v) is 4.31. The van der Waals surface area contributed by atoms with E-state index in [4.69, 9.17) is 22.9 Å². The molecule has 0 aliphatic rings. The normalized spacial score (nSPS) is 15.0. The predicted molar refractivity (Wildman–Crippen MR) is 173 cm³/mol. The molecule has 0 saturated heterocycles. The number of rotatable bonds is 22. The highest BCUT2D eigenvalue weighted by Gasteiger charge is 2.32. The zero-order valence-electron chi connectivity index (χ0n) is 27.9. The van der Waals surface area contributed by atoms with E-state index in [1.165, 1.54) is 0 Å². The Labute approximate surface area is 271 Å². The van der Waals surface area contributed by atoms with Gasteiger partial charge >= 0.3 is 0 Å². The van der Waals surface area contributed by atoms with Crippen LogP contribution >= 0.6 is 0 Å². The number of hydrogen-bond donors (Lipinski definition) is 10. The molecule has 6 amide bonds. The van der Waals surface area contributed by atoms with Gasteiger partial charge in [-0.1, -0.05) is 48.0 Å². The van der Waals surface area contributed by atoms with E-state index in [9.17, 15) is 33.9 Å². The van der Waals surface area contributed by atoms with Crippen LogP contribution in [0.5, 0.6) is 0 Å². The molecule has 0 heterocycles. The molecule has 0 fully saturated rings. The van der Waals surface area contributed by atoms with Crippen LogP contribution in [0.15, 0.2) is 4.99 Å². The molecule has 0 bridgehead atoms. The van der Waals surface area contributed by atoms with Crippen molar-refractivity contribution in [3.8, 4) is 0 Å². The Morgan fingerprint density at radius 2 is 1.28 bits per heavy atom. The Morgan fingerprint density at radius 1 is 0.739 bits per heavy atom. The van der Waals surface area contributed by atoms with Gasteiger partial charge in [-0.15, -0.1) is 0 Å². The average Bonchev–Trinajstić information content (AvgIpc) is 2.97. The second-order valence-electron chi connectivity index (χ2n) is 12.2. The number of amides is 6. The van der Waals surface area contributed by atoms with E-state index in [2.05, 4.69) is 31.6 Å². The van der Waals surface area contributed by atoms with E-state index in [1.807, 2.05) is 34.6 Å². The van der Waals surface area contributed by atoms with Crippen LogP contribution in [0.25, 0.3) is 0 Å². The van der Waals surface area contributed by atoms with Gasteiger partial charge in [0.1, 0.15) is 30.2 Å². The van der Waals surface area contributed by atoms with Gasteiger partial charge in [-0.3, -0.25) is 33.8 Å². The lowest BCUT2D eigenvalue weighted by Gasteiger charge is -2.27. The van der Waals surface area contributed by atoms with Gasteiger partial charge in [-0.05, 0) is 43.4 Å². The minimum atomic E-state index is -1.22. The molecule has 0 aromatic heterocycles. The van der Waals surface area contributed by atoms with Gasteiger partial charge < -0.3 is 54.6 Å². The van der Waals surface area contributed by atoms with E-state index in [1.54, 1.807) is 6.92 Å². The molecule has 6 unspecified atom stereocenters. The maximum atomic E-state index is 13.2. The number of carbonyl (C=O) groups is 6. The van der Waals surface area contributed by atoms with Gasteiger partial charge in [0.15, 0.2) is 5.96 Å². The Kier molecular flexibility index (Phi) is 19.8. The van der Waals surface area contributed by atoms with Gasteiger partial charge in [0.25, 0.3) is 0 Å². The molecule has 17 heteroatoms. The third-order valence-electron chi connectivity index (χ3n) is 7.05. The van der Waals surface area contributed by atoms with Crippen molar-refractivity contribution in [2.24, 2.45) is 45.7 Å². The molecular weight excluding hydrogens is 600 g/mol. The maximum absolute atomic E-state index is 13.2. The summed E-state index contributed by atoms with van der Waals surface area (Å²) in [6, 6.07) is -5.35. The topological polar surface area (TPSA) is 299 Å². The molecule has 264 valence electrons. The molecule has 0 rings (SSSR count). The number of nitrogens with two attached hydrogens (primary N) is 4. The SMILES string of the molecule is CCC(C)C(NC(=O)C(CC(C)C)NC(=O)C(N)CO)C(=O)NCC(=O)NC(CCCN=C(N)N)C(=O)NC(CC(C)C)C(N)=O. The average molecular weight is 657 g/mol. The largest absolute Gasteiger partial charge is 0.394 e. The van der Waals surface area contributed by atoms with Crippen LogP contribution < -0.4 is 49.5 Å². The Hall–Kier alpha value is -3.99. The highest BCUT2D eigenvalue weighted by Crippen LogP contribution is 2.11. The number of nitrogens with zero attached hydrogens (tertiary/aromatic N) is 1. The summed E-state index contributed by atoms with van der Waals surface area (Å²) in [7, 11) is 0. The van der Waals surface area contributed by atoms with E-state index in [-0.39, 0.29) is 43.1 Å². The van der Waals surface area contributed by atoms with E-state index >= 15 is 0 Å². The molecule has 6 atom stereocenters. The van der Waals surface area contributed by atoms with E-state index < -0.39 is 78.8 Å². The minimum Gasteiger partial charge on any atom is -0.394 e. The number of aliphatic imine (C=N–C) groups is 1. The van der Waals surface area contributed by atoms with Crippen LogP contribution in [0.3, 0.4) is 0 Å². The van der Waals surface area contributed by atoms with Crippen LogP contribution in [0, 0.1) is 17.8 Å². The number of carbonyl (C=O) groups excluding carboxylic acids is 6. The molecule has 0 aliphatic heterocycles. The lowest BCUT2D eigenvalue weighted by atomic mass is 9.96. The summed E-state index contributed by atoms with van der Waals surface area (Å²) in [4.78, 5) is 80.4. The first-order valence-electron chi connectivity index (χ1n) is 15.6. The molecule has 0 aromatic carbocycles. The fraction of sp³-hybridized carbons (Fsp3) is 0.759. The van der Waals surface area contributed by atoms with Crippen LogP contribution in [0.4, 0.5) is 0 Å². The zero-order chi connectivity index (χ0) is 35.6. The Morgan fingerprint density at radius 3 is 1.78 bits per heavy atom. The molecule has 0 aromatic rings. The third kappa shape index (κ3) is 16.9. The molecule has 0 spiro atoms. The first kappa shape index (κ1) is 42.0. The summed E-state index contributed by atoms with van der Waals surface area (Å²) in [5, 5.41) is 22.0. The maximum Gasteiger partial charge on any atom is 0.243 e. The number of aliphatic hydroxyl groups excluding tert-OH is 1. The quantitative estimate of drug-likeness (QED) is 0.0321. The molecule has 46 heavy (non-hydrogen) atoms. The lowest BCUT2D eigenvalue weighted by Crippen LogP contribution is -2.58. The number of guanidine groups is 1. The summed E-state index contributed by atoms with van der Waals surface area (Å²) < 4.78 is 0. The summed E-state index contributed by atoms with van der Waals surface area (Å²) in [6.07, 6.45) is 1.46. The van der Waals surface area contributed by atoms with Gasteiger partial charge in [0.05, 0.1) is 13.2 Å². The summed E-state index contributed by atoms with van der Waals surface area (Å²) in [5.41, 5.74) is 21.7. The van der Waals surface area contributed by atoms with Crippen LogP contribution in [0.1, 0.15) is 73.6 Å². The van der Waals surface area contributed by atoms with Crippen molar-refractivity contribution in [1.29, 1.82) is 0 Å². The third-order valence-corrected chi connectivity index (χ3v) is 7.05. The van der Waals surface area contributed by atoms with Crippen LogP contribution in [0.2, 0.25) is 0 Å². The van der Waals surface area contributed by atoms with Crippen molar-refractivity contribution in [2.45, 2.75) is 104 Å². The van der Waals surface area contributed by atoms with Gasteiger partial charge in [-0.25, -0.2) is 0 Å². The predicted octanol–water partition coefficient (Wildman–Crippen LogP) is -2.96. The first-order valence-corrected chi connectivity index (χ1v) is 15.6. The van der Waals surface area contributed by atoms with Crippen molar-refractivity contribution < 1.29 is 33.9 Å². The first-order chi connectivity index (χ1) is 21.4. The summed E-state index contributed by atoms with van der Waals surface area (Å²) >= 11 is 0. The fourth-order valence-electron chi connectivity index (χ4n) is 4.31.